The maximum atomic E-state index is 9.02. The van der Waals surface area contributed by atoms with Crippen LogP contribution in [0.3, 0.4) is 0 Å². The Balaban J connectivity index is 0.000000198. The van der Waals surface area contributed by atoms with Gasteiger partial charge in [-0.1, -0.05) is 129 Å². The van der Waals surface area contributed by atoms with E-state index >= 15 is 0 Å². The second kappa shape index (κ2) is 16.0. The Bertz CT molecular complexity index is 2380. The van der Waals surface area contributed by atoms with E-state index in [1.807, 2.05) is 56.6 Å². The zero-order chi connectivity index (χ0) is 37.4. The topological polar surface area (TPSA) is 38.9 Å². The minimum Gasteiger partial charge on any atom is -0.501 e. The van der Waals surface area contributed by atoms with Crippen molar-refractivity contribution in [2.45, 2.75) is 77.4 Å². The first-order chi connectivity index (χ1) is 25.3. The van der Waals surface area contributed by atoms with E-state index in [-0.39, 0.29) is 20.1 Å². The Kier molecular flexibility index (Phi) is 10.3. The van der Waals surface area contributed by atoms with E-state index < -0.39 is 19.9 Å². The van der Waals surface area contributed by atoms with Crippen LogP contribution in [0.1, 0.15) is 73.0 Å². The molecule has 5 heteroatoms. The molecule has 1 fully saturated rings. The minimum atomic E-state index is -1.54. The number of hydrogen-bond donors (Lipinski definition) is 0. The van der Waals surface area contributed by atoms with Crippen molar-refractivity contribution in [3.63, 3.8) is 0 Å². The van der Waals surface area contributed by atoms with E-state index in [9.17, 15) is 0 Å². The number of fused-ring (bicyclic) bond motifs is 3. The number of pyridine rings is 2. The zero-order valence-corrected chi connectivity index (χ0v) is 33.5. The average molecular weight is 866 g/mol. The molecular formula is C46H46IrN2OSi-2. The van der Waals surface area contributed by atoms with Gasteiger partial charge >= 0.3 is 0 Å². The summed E-state index contributed by atoms with van der Waals surface area (Å²) in [6, 6.07) is 39.0. The molecule has 1 saturated carbocycles. The van der Waals surface area contributed by atoms with Gasteiger partial charge in [0.25, 0.3) is 0 Å². The molecule has 51 heavy (non-hydrogen) atoms. The van der Waals surface area contributed by atoms with E-state index in [4.69, 9.17) is 8.53 Å². The first-order valence-corrected chi connectivity index (χ1v) is 21.2. The first kappa shape index (κ1) is 32.7. The van der Waals surface area contributed by atoms with E-state index in [1.54, 1.807) is 12.1 Å². The van der Waals surface area contributed by atoms with Crippen LogP contribution in [0.15, 0.2) is 120 Å². The van der Waals surface area contributed by atoms with Crippen molar-refractivity contribution in [3.05, 3.63) is 139 Å². The molecule has 7 aromatic rings. The van der Waals surface area contributed by atoms with Crippen molar-refractivity contribution in [3.8, 4) is 33.6 Å². The maximum Gasteiger partial charge on any atom is 0.121 e. The molecule has 1 aliphatic rings. The van der Waals surface area contributed by atoms with Gasteiger partial charge < -0.3 is 14.4 Å². The Labute approximate surface area is 322 Å². The fraction of sp³-hybridized carbons (Fsp3) is 0.261. The number of rotatable bonds is 6. The molecule has 3 aromatic heterocycles. The monoisotopic (exact) mass is 866 g/mol. The Morgan fingerprint density at radius 3 is 2.35 bits per heavy atom. The van der Waals surface area contributed by atoms with Gasteiger partial charge in [0.05, 0.1) is 13.7 Å². The summed E-state index contributed by atoms with van der Waals surface area (Å²) in [7, 11) is -1.54. The number of aromatic nitrogens is 2. The van der Waals surface area contributed by atoms with Crippen molar-refractivity contribution in [1.82, 2.24) is 9.97 Å². The molecule has 0 spiro atoms. The zero-order valence-electron chi connectivity index (χ0n) is 33.1. The van der Waals surface area contributed by atoms with Crippen molar-refractivity contribution >= 4 is 35.2 Å². The van der Waals surface area contributed by atoms with Gasteiger partial charge in [-0.05, 0) is 65.8 Å². The summed E-state index contributed by atoms with van der Waals surface area (Å²) in [6.07, 6.45) is 9.07. The van der Waals surface area contributed by atoms with Crippen LogP contribution in [-0.4, -0.2) is 18.0 Å². The smallest absolute Gasteiger partial charge is 0.121 e. The molecule has 261 valence electrons. The predicted molar refractivity (Wildman–Crippen MR) is 213 cm³/mol. The second-order valence-electron chi connectivity index (χ2n) is 14.4. The Hall–Kier alpha value is -4.15. The SMILES string of the molecule is [2H]C1(c2ccnc(-c3[c-]ccc4c3oc3cc(-c5ccccc5)ccc34)c2)CCCCC1.[2H]c1c[c-]c(-c2cc(C([2H])(C)C)c([Si](C)(C)C)cn2)cc1.[Ir]. The van der Waals surface area contributed by atoms with Gasteiger partial charge in [-0.3, -0.25) is 0 Å². The molecule has 3 heterocycles. The Morgan fingerprint density at radius 1 is 0.824 bits per heavy atom. The normalized spacial score (nSPS) is 15.2. The molecular weight excluding hydrogens is 817 g/mol. The van der Waals surface area contributed by atoms with Gasteiger partial charge in [-0.25, -0.2) is 0 Å². The third-order valence-corrected chi connectivity index (χ3v) is 11.6. The molecule has 3 nitrogen and oxygen atoms in total. The van der Waals surface area contributed by atoms with Gasteiger partial charge in [0.15, 0.2) is 0 Å². The molecule has 0 amide bonds. The quantitative estimate of drug-likeness (QED) is 0.123. The summed E-state index contributed by atoms with van der Waals surface area (Å²) >= 11 is 0. The summed E-state index contributed by atoms with van der Waals surface area (Å²) in [5.41, 5.74) is 9.47. The summed E-state index contributed by atoms with van der Waals surface area (Å²) in [5, 5.41) is 3.40. The van der Waals surface area contributed by atoms with Crippen LogP contribution in [0.25, 0.3) is 55.6 Å². The maximum absolute atomic E-state index is 9.02. The van der Waals surface area contributed by atoms with E-state index in [1.165, 1.54) is 17.2 Å². The van der Waals surface area contributed by atoms with E-state index in [2.05, 4.69) is 96.3 Å². The third kappa shape index (κ3) is 8.17. The number of nitrogens with zero attached hydrogens (tertiary/aromatic N) is 2. The molecule has 0 aliphatic heterocycles. The van der Waals surface area contributed by atoms with E-state index in [0.717, 1.165) is 86.8 Å². The molecule has 1 radical (unpaired) electrons. The van der Waals surface area contributed by atoms with Gasteiger partial charge in [0.1, 0.15) is 5.58 Å². The van der Waals surface area contributed by atoms with Crippen LogP contribution < -0.4 is 5.19 Å². The van der Waals surface area contributed by atoms with Crippen LogP contribution in [0, 0.1) is 12.1 Å². The van der Waals surface area contributed by atoms with Crippen molar-refractivity contribution in [2.75, 3.05) is 0 Å². The van der Waals surface area contributed by atoms with Gasteiger partial charge in [0, 0.05) is 40.6 Å². The third-order valence-electron chi connectivity index (χ3n) is 9.61. The number of hydrogen-bond acceptors (Lipinski definition) is 3. The number of furan rings is 1. The fourth-order valence-corrected chi connectivity index (χ4v) is 8.50. The van der Waals surface area contributed by atoms with Crippen molar-refractivity contribution < 1.29 is 28.6 Å². The molecule has 0 atom stereocenters. The molecule has 0 saturated heterocycles. The summed E-state index contributed by atoms with van der Waals surface area (Å²) in [6.45, 7) is 10.7. The molecule has 8 rings (SSSR count). The first-order valence-electron chi connectivity index (χ1n) is 19.2. The largest absolute Gasteiger partial charge is 0.501 e. The van der Waals surface area contributed by atoms with Crippen LogP contribution >= 0.6 is 0 Å². The molecule has 4 aromatic carbocycles. The predicted octanol–water partition coefficient (Wildman–Crippen LogP) is 12.4. The standard InChI is InChI=1S/C29H24NO.C17H22NSi.Ir/c1-3-8-20(9-4-1)22-14-15-24-25-12-7-13-26(29(25)31-28(24)19-22)27-18-23(16-17-30-27)21-10-5-2-6-11-21;1-13(2)15-11-16(14-9-7-6-8-10-14)18-12-17(15)19(3,4)5;/h1,3-4,7-9,12,14-19,21H,2,5-6,10-11H2;6-9,11-13H,1-5H3;/q2*-1;/i21D;6D,13D;. The van der Waals surface area contributed by atoms with Crippen LogP contribution in [0.4, 0.5) is 0 Å². The van der Waals surface area contributed by atoms with Gasteiger partial charge in [-0.2, -0.15) is 0 Å². The molecule has 0 unspecified atom stereocenters. The molecule has 1 aliphatic carbocycles. The van der Waals surface area contributed by atoms with Gasteiger partial charge in [0.2, 0.25) is 0 Å². The number of benzene rings is 4. The second-order valence-corrected chi connectivity index (χ2v) is 19.5. The van der Waals surface area contributed by atoms with Crippen molar-refractivity contribution in [2.24, 2.45) is 0 Å². The van der Waals surface area contributed by atoms with Crippen LogP contribution in [0.5, 0.6) is 0 Å². The Morgan fingerprint density at radius 2 is 1.63 bits per heavy atom. The average Bonchev–Trinajstić information content (AvgIpc) is 3.53. The van der Waals surface area contributed by atoms with Crippen LogP contribution in [0.2, 0.25) is 19.6 Å². The van der Waals surface area contributed by atoms with Crippen LogP contribution in [-0.2, 0) is 20.1 Å². The fourth-order valence-electron chi connectivity index (χ4n) is 6.92. The minimum absolute atomic E-state index is 0. The summed E-state index contributed by atoms with van der Waals surface area (Å²) in [5.74, 6) is -1.16. The summed E-state index contributed by atoms with van der Waals surface area (Å²) < 4.78 is 31.4. The van der Waals surface area contributed by atoms with Gasteiger partial charge in [-0.15, -0.1) is 54.1 Å². The molecule has 0 N–H and O–H groups in total. The van der Waals surface area contributed by atoms with E-state index in [0.29, 0.717) is 6.04 Å². The summed E-state index contributed by atoms with van der Waals surface area (Å²) in [4.78, 5) is 9.22. The van der Waals surface area contributed by atoms with Crippen molar-refractivity contribution in [1.29, 1.82) is 0 Å². The molecule has 0 bridgehead atoms.